The van der Waals surface area contributed by atoms with Crippen LogP contribution in [0.4, 0.5) is 8.78 Å². The largest absolute Gasteiger partial charge is 0.368 e. The maximum absolute atomic E-state index is 13.0. The predicted molar refractivity (Wildman–Crippen MR) is 66.2 cm³/mol. The van der Waals surface area contributed by atoms with E-state index in [1.807, 2.05) is 0 Å². The zero-order valence-electron chi connectivity index (χ0n) is 10.2. The highest BCUT2D eigenvalue weighted by Crippen LogP contribution is 2.09. The Morgan fingerprint density at radius 3 is 2.58 bits per heavy atom. The van der Waals surface area contributed by atoms with Crippen LogP contribution in [0.1, 0.15) is 23.2 Å². The summed E-state index contributed by atoms with van der Waals surface area (Å²) in [5, 5.41) is 2.36. The molecule has 19 heavy (non-hydrogen) atoms. The van der Waals surface area contributed by atoms with Gasteiger partial charge < -0.3 is 11.1 Å². The molecule has 4 nitrogen and oxygen atoms in total. The molecule has 0 radical (unpaired) electrons. The Labute approximate surface area is 109 Å². The number of nitrogens with one attached hydrogen (secondary N) is 1. The minimum Gasteiger partial charge on any atom is -0.368 e. The Hall–Kier alpha value is -2.24. The first-order chi connectivity index (χ1) is 8.95. The lowest BCUT2D eigenvalue weighted by Crippen LogP contribution is -2.44. The monoisotopic (exact) mass is 268 g/mol. The first-order valence-corrected chi connectivity index (χ1v) is 5.62. The quantitative estimate of drug-likeness (QED) is 0.768. The highest BCUT2D eigenvalue weighted by Gasteiger charge is 2.18. The fourth-order valence-corrected chi connectivity index (χ4v) is 1.45. The molecule has 0 heterocycles. The molecule has 0 unspecified atom stereocenters. The number of carbonyl (C=O) groups is 2. The van der Waals surface area contributed by atoms with Gasteiger partial charge in [0.25, 0.3) is 5.91 Å². The Bertz CT molecular complexity index is 503. The number of amides is 2. The van der Waals surface area contributed by atoms with Gasteiger partial charge in [-0.2, -0.15) is 0 Å². The van der Waals surface area contributed by atoms with E-state index in [0.29, 0.717) is 12.8 Å². The van der Waals surface area contributed by atoms with Crippen LogP contribution in [0.2, 0.25) is 0 Å². The molecule has 0 spiro atoms. The Balaban J connectivity index is 2.78. The number of rotatable bonds is 6. The van der Waals surface area contributed by atoms with Crippen LogP contribution in [0.15, 0.2) is 30.9 Å². The summed E-state index contributed by atoms with van der Waals surface area (Å²) in [4.78, 5) is 22.9. The molecule has 2 amide bonds. The summed E-state index contributed by atoms with van der Waals surface area (Å²) in [6.07, 6.45) is 2.37. The summed E-state index contributed by atoms with van der Waals surface area (Å²) in [5.41, 5.74) is 5.06. The van der Waals surface area contributed by atoms with Crippen LogP contribution in [-0.2, 0) is 4.79 Å². The van der Waals surface area contributed by atoms with Crippen LogP contribution in [-0.4, -0.2) is 17.9 Å². The van der Waals surface area contributed by atoms with E-state index < -0.39 is 29.5 Å². The van der Waals surface area contributed by atoms with Gasteiger partial charge in [0.05, 0.1) is 0 Å². The maximum atomic E-state index is 13.0. The van der Waals surface area contributed by atoms with E-state index in [1.165, 1.54) is 0 Å². The van der Waals surface area contributed by atoms with Gasteiger partial charge in [-0.1, -0.05) is 6.08 Å². The Morgan fingerprint density at radius 2 is 2.05 bits per heavy atom. The molecule has 0 fully saturated rings. The van der Waals surface area contributed by atoms with E-state index >= 15 is 0 Å². The van der Waals surface area contributed by atoms with E-state index in [1.54, 1.807) is 6.08 Å². The first-order valence-electron chi connectivity index (χ1n) is 5.62. The van der Waals surface area contributed by atoms with Crippen LogP contribution in [0.25, 0.3) is 0 Å². The summed E-state index contributed by atoms with van der Waals surface area (Å²) in [6.45, 7) is 3.49. The summed E-state index contributed by atoms with van der Waals surface area (Å²) in [7, 11) is 0. The zero-order valence-corrected chi connectivity index (χ0v) is 10.2. The van der Waals surface area contributed by atoms with Crippen molar-refractivity contribution in [2.45, 2.75) is 18.9 Å². The van der Waals surface area contributed by atoms with Crippen molar-refractivity contribution in [2.75, 3.05) is 0 Å². The number of hydrogen-bond donors (Lipinski definition) is 2. The van der Waals surface area contributed by atoms with Gasteiger partial charge in [0.1, 0.15) is 6.04 Å². The maximum Gasteiger partial charge on any atom is 0.252 e. The second-order valence-corrected chi connectivity index (χ2v) is 3.92. The average molecular weight is 268 g/mol. The standard InChI is InChI=1S/C13H14F2N2O2/c1-2-3-4-11(12(16)18)17-13(19)8-5-6-9(14)10(15)7-8/h2,5-7,11H,1,3-4H2,(H2,16,18)(H,17,19)/t11-/m1/s1. The lowest BCUT2D eigenvalue weighted by molar-refractivity contribution is -0.119. The van der Waals surface area contributed by atoms with Gasteiger partial charge in [-0.3, -0.25) is 9.59 Å². The van der Waals surface area contributed by atoms with Crippen LogP contribution in [0, 0.1) is 11.6 Å². The van der Waals surface area contributed by atoms with E-state index in [2.05, 4.69) is 11.9 Å². The zero-order chi connectivity index (χ0) is 14.4. The predicted octanol–water partition coefficient (Wildman–Crippen LogP) is 1.51. The summed E-state index contributed by atoms with van der Waals surface area (Å²) < 4.78 is 25.7. The summed E-state index contributed by atoms with van der Waals surface area (Å²) >= 11 is 0. The average Bonchev–Trinajstić information content (AvgIpc) is 2.37. The molecule has 3 N–H and O–H groups in total. The van der Waals surface area contributed by atoms with Gasteiger partial charge in [-0.15, -0.1) is 6.58 Å². The van der Waals surface area contributed by atoms with Gasteiger partial charge in [0.2, 0.25) is 5.91 Å². The number of nitrogens with two attached hydrogens (primary N) is 1. The van der Waals surface area contributed by atoms with E-state index in [4.69, 9.17) is 5.73 Å². The van der Waals surface area contributed by atoms with Crippen molar-refractivity contribution in [2.24, 2.45) is 5.73 Å². The van der Waals surface area contributed by atoms with Crippen LogP contribution >= 0.6 is 0 Å². The van der Waals surface area contributed by atoms with Crippen molar-refractivity contribution in [3.63, 3.8) is 0 Å². The minimum atomic E-state index is -1.13. The van der Waals surface area contributed by atoms with Crippen molar-refractivity contribution < 1.29 is 18.4 Å². The van der Waals surface area contributed by atoms with Gasteiger partial charge in [0.15, 0.2) is 11.6 Å². The molecular weight excluding hydrogens is 254 g/mol. The fourth-order valence-electron chi connectivity index (χ4n) is 1.45. The van der Waals surface area contributed by atoms with Crippen molar-refractivity contribution >= 4 is 11.8 Å². The van der Waals surface area contributed by atoms with Crippen molar-refractivity contribution in [3.8, 4) is 0 Å². The second kappa shape index (κ2) is 6.63. The Morgan fingerprint density at radius 1 is 1.37 bits per heavy atom. The smallest absolute Gasteiger partial charge is 0.252 e. The number of hydrogen-bond acceptors (Lipinski definition) is 2. The molecule has 0 saturated carbocycles. The highest BCUT2D eigenvalue weighted by molar-refractivity contribution is 5.97. The third-order valence-electron chi connectivity index (χ3n) is 2.49. The third-order valence-corrected chi connectivity index (χ3v) is 2.49. The number of carbonyl (C=O) groups excluding carboxylic acids is 2. The van der Waals surface area contributed by atoms with Crippen molar-refractivity contribution in [3.05, 3.63) is 48.1 Å². The molecule has 6 heteroatoms. The lowest BCUT2D eigenvalue weighted by Gasteiger charge is -2.14. The molecule has 102 valence electrons. The van der Waals surface area contributed by atoms with Crippen molar-refractivity contribution in [1.29, 1.82) is 0 Å². The lowest BCUT2D eigenvalue weighted by atomic mass is 10.1. The van der Waals surface area contributed by atoms with Gasteiger partial charge in [0, 0.05) is 5.56 Å². The van der Waals surface area contributed by atoms with Crippen LogP contribution < -0.4 is 11.1 Å². The minimum absolute atomic E-state index is 0.0799. The molecule has 0 aliphatic rings. The molecule has 0 aromatic heterocycles. The van der Waals surface area contributed by atoms with Crippen LogP contribution in [0.3, 0.4) is 0 Å². The van der Waals surface area contributed by atoms with Crippen LogP contribution in [0.5, 0.6) is 0 Å². The Kier molecular flexibility index (Phi) is 5.17. The third kappa shape index (κ3) is 4.17. The molecular formula is C13H14F2N2O2. The molecule has 1 aromatic rings. The van der Waals surface area contributed by atoms with Gasteiger partial charge >= 0.3 is 0 Å². The number of primary amides is 1. The second-order valence-electron chi connectivity index (χ2n) is 3.92. The molecule has 1 rings (SSSR count). The van der Waals surface area contributed by atoms with E-state index in [0.717, 1.165) is 18.2 Å². The summed E-state index contributed by atoms with van der Waals surface area (Å²) in [6, 6.07) is 1.85. The highest BCUT2D eigenvalue weighted by atomic mass is 19.2. The topological polar surface area (TPSA) is 72.2 Å². The summed E-state index contributed by atoms with van der Waals surface area (Å²) in [5.74, 6) is -3.56. The van der Waals surface area contributed by atoms with Gasteiger partial charge in [-0.25, -0.2) is 8.78 Å². The molecule has 1 atom stereocenters. The first kappa shape index (κ1) is 14.8. The molecule has 0 aliphatic carbocycles. The molecule has 1 aromatic carbocycles. The molecule has 0 saturated heterocycles. The molecule has 0 aliphatic heterocycles. The normalized spacial score (nSPS) is 11.7. The number of benzene rings is 1. The number of allylic oxidation sites excluding steroid dienone is 1. The van der Waals surface area contributed by atoms with Crippen molar-refractivity contribution in [1.82, 2.24) is 5.32 Å². The van der Waals surface area contributed by atoms with E-state index in [-0.39, 0.29) is 5.56 Å². The number of halogens is 2. The van der Waals surface area contributed by atoms with Gasteiger partial charge in [-0.05, 0) is 31.0 Å². The fraction of sp³-hybridized carbons (Fsp3) is 0.231. The molecule has 0 bridgehead atoms. The van der Waals surface area contributed by atoms with E-state index in [9.17, 15) is 18.4 Å². The SMILES string of the molecule is C=CCC[C@@H](NC(=O)c1ccc(F)c(F)c1)C(N)=O.